The third kappa shape index (κ3) is 4.75. The molecule has 4 rings (SSSR count). The van der Waals surface area contributed by atoms with Gasteiger partial charge in [-0.3, -0.25) is 9.36 Å². The Balaban J connectivity index is 1.73. The van der Waals surface area contributed by atoms with E-state index in [1.807, 2.05) is 84.3 Å². The molecule has 0 N–H and O–H groups in total. The minimum Gasteiger partial charge on any atom is -0.497 e. The van der Waals surface area contributed by atoms with Gasteiger partial charge in [0.15, 0.2) is 16.8 Å². The molecule has 0 amide bonds. The molecule has 0 bridgehead atoms. The Hall–Kier alpha value is -2.61. The Labute approximate surface area is 203 Å². The van der Waals surface area contributed by atoms with Crippen molar-refractivity contribution in [2.75, 3.05) is 7.11 Å². The van der Waals surface area contributed by atoms with Crippen molar-refractivity contribution in [1.29, 1.82) is 0 Å². The number of carbonyl (C=O) groups excluding carboxylic acids is 1. The van der Waals surface area contributed by atoms with Crippen LogP contribution in [-0.4, -0.2) is 32.9 Å². The summed E-state index contributed by atoms with van der Waals surface area (Å²) in [4.78, 5) is 13.0. The van der Waals surface area contributed by atoms with Gasteiger partial charge in [-0.05, 0) is 55.5 Å². The van der Waals surface area contributed by atoms with Gasteiger partial charge in [0.1, 0.15) is 5.75 Å². The summed E-state index contributed by atoms with van der Waals surface area (Å²) in [6.07, 6.45) is 0. The summed E-state index contributed by atoms with van der Waals surface area (Å²) in [6.45, 7) is 1.87. The first-order valence-electron chi connectivity index (χ1n) is 9.79. The van der Waals surface area contributed by atoms with Crippen molar-refractivity contribution >= 4 is 45.1 Å². The number of benzene rings is 3. The fraction of sp³-hybridized carbons (Fsp3) is 0.125. The summed E-state index contributed by atoms with van der Waals surface area (Å²) >= 11 is 11.2. The third-order valence-corrected chi connectivity index (χ3v) is 6.76. The number of aromatic nitrogens is 3. The smallest absolute Gasteiger partial charge is 0.196 e. The number of nitrogens with zero attached hydrogens (tertiary/aromatic N) is 3. The van der Waals surface area contributed by atoms with Crippen LogP contribution in [0.1, 0.15) is 17.3 Å². The molecule has 5 nitrogen and oxygen atoms in total. The molecule has 1 aromatic heterocycles. The van der Waals surface area contributed by atoms with Gasteiger partial charge in [0.2, 0.25) is 0 Å². The quantitative estimate of drug-likeness (QED) is 0.197. The first-order chi connectivity index (χ1) is 15.5. The Morgan fingerprint density at radius 1 is 1.03 bits per heavy atom. The van der Waals surface area contributed by atoms with Crippen LogP contribution in [0.25, 0.3) is 17.1 Å². The predicted octanol–water partition coefficient (Wildman–Crippen LogP) is 6.72. The average Bonchev–Trinajstić information content (AvgIpc) is 3.22. The van der Waals surface area contributed by atoms with Crippen molar-refractivity contribution in [2.45, 2.75) is 17.3 Å². The van der Waals surface area contributed by atoms with Crippen molar-refractivity contribution in [1.82, 2.24) is 14.8 Å². The number of ether oxygens (including phenoxy) is 1. The Kier molecular flexibility index (Phi) is 6.98. The summed E-state index contributed by atoms with van der Waals surface area (Å²) in [5, 5.41) is 9.64. The van der Waals surface area contributed by atoms with E-state index in [2.05, 4.69) is 26.1 Å². The number of hydrogen-bond acceptors (Lipinski definition) is 5. The van der Waals surface area contributed by atoms with Crippen LogP contribution in [0.15, 0.2) is 82.4 Å². The molecule has 0 saturated carbocycles. The second-order valence-electron chi connectivity index (χ2n) is 6.95. The lowest BCUT2D eigenvalue weighted by atomic mass is 10.1. The van der Waals surface area contributed by atoms with Gasteiger partial charge in [-0.1, -0.05) is 63.6 Å². The highest BCUT2D eigenvalue weighted by Gasteiger charge is 2.23. The van der Waals surface area contributed by atoms with E-state index >= 15 is 0 Å². The van der Waals surface area contributed by atoms with E-state index in [1.165, 1.54) is 11.8 Å². The normalized spacial score (nSPS) is 11.9. The zero-order valence-corrected chi connectivity index (χ0v) is 20.5. The van der Waals surface area contributed by atoms with Crippen LogP contribution in [0, 0.1) is 0 Å². The van der Waals surface area contributed by atoms with E-state index < -0.39 is 0 Å². The lowest BCUT2D eigenvalue weighted by Crippen LogP contribution is -2.14. The van der Waals surface area contributed by atoms with Crippen molar-refractivity contribution in [3.8, 4) is 22.8 Å². The molecule has 162 valence electrons. The Bertz CT molecular complexity index is 1240. The van der Waals surface area contributed by atoms with Crippen LogP contribution < -0.4 is 4.74 Å². The molecule has 3 aromatic carbocycles. The first kappa shape index (κ1) is 22.6. The lowest BCUT2D eigenvalue weighted by molar-refractivity contribution is 0.0994. The summed E-state index contributed by atoms with van der Waals surface area (Å²) < 4.78 is 8.13. The molecule has 0 saturated heterocycles. The number of halogens is 2. The largest absolute Gasteiger partial charge is 0.497 e. The summed E-state index contributed by atoms with van der Waals surface area (Å²) in [5.41, 5.74) is 2.25. The number of Topliss-reactive ketones (excluding diaryl/α,β-unsaturated/α-hetero) is 1. The number of ketones is 1. The van der Waals surface area contributed by atoms with Crippen LogP contribution in [0.3, 0.4) is 0 Å². The van der Waals surface area contributed by atoms with Gasteiger partial charge >= 0.3 is 0 Å². The number of thioether (sulfide) groups is 1. The maximum atomic E-state index is 13.0. The average molecular weight is 529 g/mol. The second kappa shape index (κ2) is 9.90. The molecule has 4 aromatic rings. The Morgan fingerprint density at radius 3 is 2.38 bits per heavy atom. The highest BCUT2D eigenvalue weighted by Crippen LogP contribution is 2.34. The molecule has 0 spiro atoms. The van der Waals surface area contributed by atoms with E-state index in [1.54, 1.807) is 7.11 Å². The van der Waals surface area contributed by atoms with Gasteiger partial charge in [-0.2, -0.15) is 0 Å². The Morgan fingerprint density at radius 2 is 1.72 bits per heavy atom. The zero-order chi connectivity index (χ0) is 22.7. The van der Waals surface area contributed by atoms with Crippen LogP contribution in [0.4, 0.5) is 0 Å². The van der Waals surface area contributed by atoms with Crippen LogP contribution in [0.5, 0.6) is 5.75 Å². The highest BCUT2D eigenvalue weighted by molar-refractivity contribution is 9.10. The molecule has 0 aliphatic carbocycles. The second-order valence-corrected chi connectivity index (χ2v) is 9.58. The SMILES string of the molecule is COc1ccc(-n2c(S[C@H](C)C(=O)c3ccc(Br)cc3)nnc2-c2ccccc2Cl)cc1. The third-order valence-electron chi connectivity index (χ3n) is 4.86. The van der Waals surface area contributed by atoms with Crippen LogP contribution in [-0.2, 0) is 0 Å². The molecule has 0 aliphatic rings. The molecule has 1 atom stereocenters. The van der Waals surface area contributed by atoms with Gasteiger partial charge < -0.3 is 4.74 Å². The number of hydrogen-bond donors (Lipinski definition) is 0. The standard InChI is InChI=1S/C24H19BrClN3O2S/c1-15(22(30)16-7-9-17(25)10-8-16)32-24-28-27-23(20-5-3-4-6-21(20)26)29(24)18-11-13-19(31-2)14-12-18/h3-15H,1-2H3/t15-/m1/s1. The van der Waals surface area contributed by atoms with Crippen molar-refractivity contribution in [3.05, 3.63) is 87.9 Å². The van der Waals surface area contributed by atoms with Gasteiger partial charge in [0.05, 0.1) is 17.4 Å². The van der Waals surface area contributed by atoms with E-state index in [0.717, 1.165) is 21.5 Å². The summed E-state index contributed by atoms with van der Waals surface area (Å²) in [5.74, 6) is 1.37. The highest BCUT2D eigenvalue weighted by atomic mass is 79.9. The molecule has 32 heavy (non-hydrogen) atoms. The van der Waals surface area contributed by atoms with Gasteiger partial charge in [0.25, 0.3) is 0 Å². The molecule has 0 radical (unpaired) electrons. The molecule has 0 aliphatic heterocycles. The van der Waals surface area contributed by atoms with Crippen LogP contribution >= 0.6 is 39.3 Å². The molecule has 1 heterocycles. The topological polar surface area (TPSA) is 57.0 Å². The van der Waals surface area contributed by atoms with E-state index in [4.69, 9.17) is 16.3 Å². The maximum absolute atomic E-state index is 13.0. The number of carbonyl (C=O) groups is 1. The van der Waals surface area contributed by atoms with Crippen molar-refractivity contribution in [2.24, 2.45) is 0 Å². The minimum absolute atomic E-state index is 0.0195. The molecule has 0 fully saturated rings. The minimum atomic E-state index is -0.364. The summed E-state index contributed by atoms with van der Waals surface area (Å²) in [7, 11) is 1.62. The van der Waals surface area contributed by atoms with E-state index in [9.17, 15) is 4.79 Å². The van der Waals surface area contributed by atoms with Gasteiger partial charge in [-0.15, -0.1) is 10.2 Å². The first-order valence-corrected chi connectivity index (χ1v) is 11.8. The monoisotopic (exact) mass is 527 g/mol. The maximum Gasteiger partial charge on any atom is 0.196 e. The van der Waals surface area contributed by atoms with Gasteiger partial charge in [-0.25, -0.2) is 0 Å². The number of methoxy groups -OCH3 is 1. The molecule has 8 heteroatoms. The van der Waals surface area contributed by atoms with E-state index in [0.29, 0.717) is 21.6 Å². The van der Waals surface area contributed by atoms with Crippen LogP contribution in [0.2, 0.25) is 5.02 Å². The predicted molar refractivity (Wildman–Crippen MR) is 132 cm³/mol. The molecular formula is C24H19BrClN3O2S. The lowest BCUT2D eigenvalue weighted by Gasteiger charge is -2.14. The van der Waals surface area contributed by atoms with E-state index in [-0.39, 0.29) is 11.0 Å². The van der Waals surface area contributed by atoms with Gasteiger partial charge in [0, 0.05) is 21.3 Å². The van der Waals surface area contributed by atoms with Crippen molar-refractivity contribution < 1.29 is 9.53 Å². The fourth-order valence-corrected chi connectivity index (χ4v) is 4.62. The fourth-order valence-electron chi connectivity index (χ4n) is 3.19. The molecular weight excluding hydrogens is 510 g/mol. The van der Waals surface area contributed by atoms with Crippen molar-refractivity contribution in [3.63, 3.8) is 0 Å². The summed E-state index contributed by atoms with van der Waals surface area (Å²) in [6, 6.07) is 22.4. The number of rotatable bonds is 7. The molecule has 0 unspecified atom stereocenters. The zero-order valence-electron chi connectivity index (χ0n) is 17.3.